The summed E-state index contributed by atoms with van der Waals surface area (Å²) >= 11 is 3.63. The lowest BCUT2D eigenvalue weighted by Crippen LogP contribution is -2.14. The Hall–Kier alpha value is -1.16. The molecule has 0 fully saturated rings. The molecule has 0 radical (unpaired) electrons. The zero-order chi connectivity index (χ0) is 11.5. The van der Waals surface area contributed by atoms with Crippen LogP contribution >= 0.6 is 15.9 Å². The van der Waals surface area contributed by atoms with E-state index in [2.05, 4.69) is 27.2 Å². The SMILES string of the molecule is CC(=O)ON=C1CCC(Br)c2ccccc21. The summed E-state index contributed by atoms with van der Waals surface area (Å²) in [5.74, 6) is -0.383. The smallest absolute Gasteiger partial charge is 0.318 e. The number of oxime groups is 1. The highest BCUT2D eigenvalue weighted by molar-refractivity contribution is 9.09. The van der Waals surface area contributed by atoms with Gasteiger partial charge in [0.1, 0.15) is 0 Å². The maximum Gasteiger partial charge on any atom is 0.331 e. The van der Waals surface area contributed by atoms with Crippen molar-refractivity contribution in [2.75, 3.05) is 0 Å². The summed E-state index contributed by atoms with van der Waals surface area (Å²) in [5.41, 5.74) is 3.12. The number of fused-ring (bicyclic) bond motifs is 1. The molecule has 1 aliphatic rings. The van der Waals surface area contributed by atoms with E-state index in [1.54, 1.807) is 0 Å². The minimum absolute atomic E-state index is 0.361. The standard InChI is InChI=1S/C12H12BrNO2/c1-8(15)16-14-12-7-6-11(13)9-4-2-3-5-10(9)12/h2-5,11H,6-7H2,1H3. The van der Waals surface area contributed by atoms with Crippen molar-refractivity contribution < 1.29 is 9.63 Å². The summed E-state index contributed by atoms with van der Waals surface area (Å²) in [5, 5.41) is 3.90. The van der Waals surface area contributed by atoms with Gasteiger partial charge in [0.2, 0.25) is 0 Å². The van der Waals surface area contributed by atoms with Crippen LogP contribution in [0.5, 0.6) is 0 Å². The molecule has 3 nitrogen and oxygen atoms in total. The lowest BCUT2D eigenvalue weighted by atomic mass is 9.90. The van der Waals surface area contributed by atoms with Gasteiger partial charge in [-0.25, -0.2) is 4.79 Å². The molecule has 84 valence electrons. The highest BCUT2D eigenvalue weighted by atomic mass is 79.9. The molecule has 0 spiro atoms. The summed E-state index contributed by atoms with van der Waals surface area (Å²) in [6.07, 6.45) is 1.79. The summed E-state index contributed by atoms with van der Waals surface area (Å²) in [7, 11) is 0. The van der Waals surface area contributed by atoms with Gasteiger partial charge in [0.15, 0.2) is 0 Å². The molecule has 1 atom stereocenters. The average Bonchev–Trinajstić information content (AvgIpc) is 2.28. The van der Waals surface area contributed by atoms with Gasteiger partial charge in [-0.05, 0) is 18.4 Å². The molecule has 0 aliphatic heterocycles. The second kappa shape index (κ2) is 4.78. The van der Waals surface area contributed by atoms with E-state index in [9.17, 15) is 4.79 Å². The molecule has 0 heterocycles. The molecule has 4 heteroatoms. The normalized spacial score (nSPS) is 21.6. The third kappa shape index (κ3) is 2.32. The third-order valence-corrected chi connectivity index (χ3v) is 3.48. The lowest BCUT2D eigenvalue weighted by Gasteiger charge is -2.21. The van der Waals surface area contributed by atoms with E-state index in [-0.39, 0.29) is 5.97 Å². The van der Waals surface area contributed by atoms with E-state index < -0.39 is 0 Å². The number of carbonyl (C=O) groups is 1. The van der Waals surface area contributed by atoms with Crippen LogP contribution in [-0.2, 0) is 9.63 Å². The first-order valence-corrected chi connectivity index (χ1v) is 6.08. The maximum atomic E-state index is 10.7. The highest BCUT2D eigenvalue weighted by Gasteiger charge is 2.22. The fourth-order valence-electron chi connectivity index (χ4n) is 1.80. The van der Waals surface area contributed by atoms with Crippen LogP contribution in [-0.4, -0.2) is 11.7 Å². The molecule has 1 aromatic rings. The molecular formula is C12H12BrNO2. The van der Waals surface area contributed by atoms with Crippen molar-refractivity contribution in [2.24, 2.45) is 5.16 Å². The Morgan fingerprint density at radius 2 is 2.25 bits per heavy atom. The van der Waals surface area contributed by atoms with Crippen molar-refractivity contribution in [1.82, 2.24) is 0 Å². The Morgan fingerprint density at radius 1 is 1.50 bits per heavy atom. The van der Waals surface area contributed by atoms with Gasteiger partial charge in [-0.3, -0.25) is 0 Å². The Bertz CT molecular complexity index is 442. The molecule has 16 heavy (non-hydrogen) atoms. The summed E-state index contributed by atoms with van der Waals surface area (Å²) < 4.78 is 0. The number of benzene rings is 1. The largest absolute Gasteiger partial charge is 0.331 e. The van der Waals surface area contributed by atoms with Crippen LogP contribution in [0, 0.1) is 0 Å². The van der Waals surface area contributed by atoms with Crippen LogP contribution in [0.4, 0.5) is 0 Å². The lowest BCUT2D eigenvalue weighted by molar-refractivity contribution is -0.140. The minimum Gasteiger partial charge on any atom is -0.318 e. The van der Waals surface area contributed by atoms with Crippen molar-refractivity contribution in [3.8, 4) is 0 Å². The maximum absolute atomic E-state index is 10.7. The predicted octanol–water partition coefficient (Wildman–Crippen LogP) is 3.18. The second-order valence-corrected chi connectivity index (χ2v) is 4.82. The van der Waals surface area contributed by atoms with Crippen LogP contribution < -0.4 is 0 Å². The molecule has 0 bridgehead atoms. The number of carbonyl (C=O) groups excluding carboxylic acids is 1. The quantitative estimate of drug-likeness (QED) is 0.451. The molecule has 0 saturated carbocycles. The van der Waals surface area contributed by atoms with Crippen LogP contribution in [0.1, 0.15) is 35.7 Å². The summed E-state index contributed by atoms with van der Waals surface area (Å²) in [6, 6.07) is 8.04. The molecule has 1 aliphatic carbocycles. The van der Waals surface area contributed by atoms with E-state index in [0.717, 1.165) is 24.1 Å². The highest BCUT2D eigenvalue weighted by Crippen LogP contribution is 2.35. The van der Waals surface area contributed by atoms with Crippen molar-refractivity contribution in [3.63, 3.8) is 0 Å². The van der Waals surface area contributed by atoms with Gasteiger partial charge in [-0.2, -0.15) is 0 Å². The number of hydrogen-bond donors (Lipinski definition) is 0. The molecule has 1 aromatic carbocycles. The van der Waals surface area contributed by atoms with Gasteiger partial charge in [0.05, 0.1) is 5.71 Å². The third-order valence-electron chi connectivity index (χ3n) is 2.53. The van der Waals surface area contributed by atoms with E-state index >= 15 is 0 Å². The topological polar surface area (TPSA) is 38.7 Å². The number of halogens is 1. The average molecular weight is 282 g/mol. The summed E-state index contributed by atoms with van der Waals surface area (Å²) in [4.78, 5) is 15.8. The van der Waals surface area contributed by atoms with Crippen molar-refractivity contribution in [2.45, 2.75) is 24.6 Å². The first-order valence-electron chi connectivity index (χ1n) is 5.16. The minimum atomic E-state index is -0.383. The Kier molecular flexibility index (Phi) is 3.39. The molecular weight excluding hydrogens is 270 g/mol. The Morgan fingerprint density at radius 3 is 3.00 bits per heavy atom. The molecule has 2 rings (SSSR count). The van der Waals surface area contributed by atoms with Crippen molar-refractivity contribution >= 4 is 27.6 Å². The molecule has 1 unspecified atom stereocenters. The van der Waals surface area contributed by atoms with Crippen molar-refractivity contribution in [3.05, 3.63) is 35.4 Å². The predicted molar refractivity (Wildman–Crippen MR) is 65.6 cm³/mol. The molecule has 0 amide bonds. The van der Waals surface area contributed by atoms with Crippen LogP contribution in [0.3, 0.4) is 0 Å². The fourth-order valence-corrected chi connectivity index (χ4v) is 2.43. The van der Waals surface area contributed by atoms with Gasteiger partial charge >= 0.3 is 5.97 Å². The summed E-state index contributed by atoms with van der Waals surface area (Å²) in [6.45, 7) is 1.35. The van der Waals surface area contributed by atoms with Gasteiger partial charge in [-0.1, -0.05) is 45.4 Å². The number of hydrogen-bond acceptors (Lipinski definition) is 3. The van der Waals surface area contributed by atoms with E-state index in [1.165, 1.54) is 12.5 Å². The number of rotatable bonds is 1. The zero-order valence-electron chi connectivity index (χ0n) is 8.94. The van der Waals surface area contributed by atoms with Crippen LogP contribution in [0.15, 0.2) is 29.4 Å². The van der Waals surface area contributed by atoms with E-state index in [4.69, 9.17) is 4.84 Å². The molecule has 0 saturated heterocycles. The first-order chi connectivity index (χ1) is 7.68. The molecule has 0 aromatic heterocycles. The fraction of sp³-hybridized carbons (Fsp3) is 0.333. The zero-order valence-corrected chi connectivity index (χ0v) is 10.5. The van der Waals surface area contributed by atoms with Gasteiger partial charge in [-0.15, -0.1) is 0 Å². The van der Waals surface area contributed by atoms with Crippen LogP contribution in [0.2, 0.25) is 0 Å². The van der Waals surface area contributed by atoms with Gasteiger partial charge < -0.3 is 4.84 Å². The van der Waals surface area contributed by atoms with E-state index in [1.807, 2.05) is 18.2 Å². The van der Waals surface area contributed by atoms with Crippen molar-refractivity contribution in [1.29, 1.82) is 0 Å². The second-order valence-electron chi connectivity index (χ2n) is 3.71. The van der Waals surface area contributed by atoms with E-state index in [0.29, 0.717) is 4.83 Å². The Labute approximate surface area is 103 Å². The molecule has 0 N–H and O–H groups in total. The number of nitrogens with zero attached hydrogens (tertiary/aromatic N) is 1. The van der Waals surface area contributed by atoms with Gasteiger partial charge in [0.25, 0.3) is 0 Å². The first kappa shape index (κ1) is 11.3. The Balaban J connectivity index is 2.34. The van der Waals surface area contributed by atoms with Gasteiger partial charge in [0, 0.05) is 17.3 Å². The monoisotopic (exact) mass is 281 g/mol. The van der Waals surface area contributed by atoms with Crippen LogP contribution in [0.25, 0.3) is 0 Å². The number of alkyl halides is 1.